The maximum absolute atomic E-state index is 13.5. The summed E-state index contributed by atoms with van der Waals surface area (Å²) in [5, 5.41) is 4.06. The Labute approximate surface area is 170 Å². The van der Waals surface area contributed by atoms with Crippen LogP contribution in [0.2, 0.25) is 0 Å². The third-order valence-electron chi connectivity index (χ3n) is 5.17. The lowest BCUT2D eigenvalue weighted by Gasteiger charge is -2.28. The maximum Gasteiger partial charge on any atom is 0.418 e. The number of hydrogen-bond acceptors (Lipinski definition) is 3. The molecule has 3 aromatic rings. The molecule has 4 rings (SSSR count). The first-order valence-corrected chi connectivity index (χ1v) is 9.39. The van der Waals surface area contributed by atoms with Gasteiger partial charge in [0.25, 0.3) is 5.91 Å². The smallest absolute Gasteiger partial charge is 0.332 e. The van der Waals surface area contributed by atoms with Crippen molar-refractivity contribution in [3.05, 3.63) is 92.9 Å². The molecular weight excluding hydrogens is 395 g/mol. The lowest BCUT2D eigenvalue weighted by atomic mass is 10.00. The zero-order valence-corrected chi connectivity index (χ0v) is 16.1. The predicted molar refractivity (Wildman–Crippen MR) is 104 cm³/mol. The molecule has 1 aliphatic heterocycles. The lowest BCUT2D eigenvalue weighted by Crippen LogP contribution is -2.39. The number of benzene rings is 2. The van der Waals surface area contributed by atoms with Gasteiger partial charge in [0.2, 0.25) is 5.43 Å². The Hall–Kier alpha value is -3.42. The average molecular weight is 413 g/mol. The van der Waals surface area contributed by atoms with Crippen LogP contribution in [0.4, 0.5) is 13.2 Å². The van der Waals surface area contributed by atoms with Crippen LogP contribution in [0.15, 0.2) is 59.4 Å². The minimum absolute atomic E-state index is 0.206. The topological polar surface area (TPSA) is 55.2 Å². The van der Waals surface area contributed by atoms with Gasteiger partial charge in [-0.05, 0) is 36.6 Å². The molecule has 5 nitrogen and oxygen atoms in total. The average Bonchev–Trinajstić information content (AvgIpc) is 2.72. The quantitative estimate of drug-likeness (QED) is 0.643. The second-order valence-corrected chi connectivity index (χ2v) is 7.17. The van der Waals surface area contributed by atoms with E-state index in [9.17, 15) is 22.8 Å². The molecule has 30 heavy (non-hydrogen) atoms. The monoisotopic (exact) mass is 413 g/mol. The molecule has 0 saturated heterocycles. The summed E-state index contributed by atoms with van der Waals surface area (Å²) in [4.78, 5) is 27.0. The lowest BCUT2D eigenvalue weighted by molar-refractivity contribution is -0.137. The minimum atomic E-state index is -4.60. The van der Waals surface area contributed by atoms with Gasteiger partial charge < -0.3 is 4.90 Å². The highest BCUT2D eigenvalue weighted by Crippen LogP contribution is 2.33. The molecule has 154 valence electrons. The van der Waals surface area contributed by atoms with Crippen molar-refractivity contribution < 1.29 is 18.0 Å². The van der Waals surface area contributed by atoms with E-state index >= 15 is 0 Å². The minimum Gasteiger partial charge on any atom is -0.332 e. The van der Waals surface area contributed by atoms with Crippen LogP contribution in [0.3, 0.4) is 0 Å². The van der Waals surface area contributed by atoms with E-state index in [0.29, 0.717) is 19.5 Å². The van der Waals surface area contributed by atoms with E-state index in [0.717, 1.165) is 27.9 Å². The molecule has 1 aliphatic rings. The molecule has 0 fully saturated rings. The van der Waals surface area contributed by atoms with Gasteiger partial charge in [-0.25, -0.2) is 4.68 Å². The fourth-order valence-electron chi connectivity index (χ4n) is 3.66. The molecule has 0 bridgehead atoms. The van der Waals surface area contributed by atoms with Gasteiger partial charge in [-0.15, -0.1) is 0 Å². The zero-order chi connectivity index (χ0) is 21.5. The maximum atomic E-state index is 13.5. The highest BCUT2D eigenvalue weighted by atomic mass is 19.4. The first-order valence-electron chi connectivity index (χ1n) is 9.39. The molecular formula is C22H18F3N3O2. The fraction of sp³-hybridized carbons (Fsp3) is 0.227. The summed E-state index contributed by atoms with van der Waals surface area (Å²) in [5.41, 5.74) is 0.184. The summed E-state index contributed by atoms with van der Waals surface area (Å²) in [5.74, 6) is -0.590. The number of carbonyl (C=O) groups is 1. The second kappa shape index (κ2) is 7.44. The van der Waals surface area contributed by atoms with Gasteiger partial charge in [-0.2, -0.15) is 18.3 Å². The fourth-order valence-corrected chi connectivity index (χ4v) is 3.66. The van der Waals surface area contributed by atoms with Crippen LogP contribution in [0.25, 0.3) is 5.69 Å². The van der Waals surface area contributed by atoms with Crippen LogP contribution in [0.1, 0.15) is 32.9 Å². The number of amides is 1. The molecule has 0 saturated carbocycles. The molecule has 2 heterocycles. The van der Waals surface area contributed by atoms with Crippen molar-refractivity contribution in [3.8, 4) is 5.69 Å². The Bertz CT molecular complexity index is 1180. The van der Waals surface area contributed by atoms with Gasteiger partial charge in [-0.1, -0.05) is 36.4 Å². The Balaban J connectivity index is 1.75. The summed E-state index contributed by atoms with van der Waals surface area (Å²) < 4.78 is 41.4. The number of fused-ring (bicyclic) bond motifs is 1. The normalized spacial score (nSPS) is 13.8. The summed E-state index contributed by atoms with van der Waals surface area (Å²) in [6.45, 7) is 2.21. The SMILES string of the molecule is Cc1cc(=O)c(C(=O)N2CCc3ccccc3C2)nn1-c1ccccc1C(F)(F)F. The van der Waals surface area contributed by atoms with E-state index in [1.54, 1.807) is 0 Å². The number of hydrogen-bond donors (Lipinski definition) is 0. The van der Waals surface area contributed by atoms with Gasteiger partial charge in [0, 0.05) is 24.8 Å². The van der Waals surface area contributed by atoms with Crippen molar-refractivity contribution in [2.45, 2.75) is 26.1 Å². The van der Waals surface area contributed by atoms with E-state index in [-0.39, 0.29) is 11.4 Å². The molecule has 0 atom stereocenters. The van der Waals surface area contributed by atoms with Crippen molar-refractivity contribution in [2.75, 3.05) is 6.54 Å². The molecule has 0 N–H and O–H groups in total. The van der Waals surface area contributed by atoms with Crippen LogP contribution in [-0.4, -0.2) is 27.1 Å². The van der Waals surface area contributed by atoms with Gasteiger partial charge in [0.05, 0.1) is 11.3 Å². The van der Waals surface area contributed by atoms with E-state index in [1.807, 2.05) is 24.3 Å². The van der Waals surface area contributed by atoms with Gasteiger partial charge in [0.15, 0.2) is 5.69 Å². The van der Waals surface area contributed by atoms with Crippen molar-refractivity contribution >= 4 is 5.91 Å². The van der Waals surface area contributed by atoms with E-state index in [1.165, 1.54) is 30.0 Å². The van der Waals surface area contributed by atoms with Crippen LogP contribution in [0, 0.1) is 6.92 Å². The predicted octanol–water partition coefficient (Wildman–Crippen LogP) is 3.76. The van der Waals surface area contributed by atoms with Crippen LogP contribution in [0.5, 0.6) is 0 Å². The number of aryl methyl sites for hydroxylation is 1. The molecule has 0 aliphatic carbocycles. The standard InChI is InChI=1S/C22H18F3N3O2/c1-14-12-19(29)20(21(30)27-11-10-15-6-2-3-7-16(15)13-27)26-28(14)18-9-5-4-8-17(18)22(23,24)25/h2-9,12H,10-11,13H2,1H3. The van der Waals surface area contributed by atoms with Crippen LogP contribution >= 0.6 is 0 Å². The number of halogens is 3. The number of nitrogens with zero attached hydrogens (tertiary/aromatic N) is 3. The molecule has 2 aromatic carbocycles. The molecule has 0 radical (unpaired) electrons. The van der Waals surface area contributed by atoms with E-state index < -0.39 is 28.8 Å². The molecule has 0 unspecified atom stereocenters. The number of alkyl halides is 3. The zero-order valence-electron chi connectivity index (χ0n) is 16.1. The highest BCUT2D eigenvalue weighted by molar-refractivity contribution is 5.92. The number of para-hydroxylation sites is 1. The number of rotatable bonds is 2. The first kappa shape index (κ1) is 19.9. The first-order chi connectivity index (χ1) is 14.3. The van der Waals surface area contributed by atoms with Crippen LogP contribution in [-0.2, 0) is 19.1 Å². The largest absolute Gasteiger partial charge is 0.418 e. The number of aromatic nitrogens is 2. The van der Waals surface area contributed by atoms with Crippen molar-refractivity contribution in [3.63, 3.8) is 0 Å². The Morgan fingerprint density at radius 1 is 1.03 bits per heavy atom. The summed E-state index contributed by atoms with van der Waals surface area (Å²) in [6, 6.07) is 13.8. The Morgan fingerprint density at radius 2 is 1.70 bits per heavy atom. The molecule has 1 amide bonds. The van der Waals surface area contributed by atoms with E-state index in [4.69, 9.17) is 0 Å². The van der Waals surface area contributed by atoms with Gasteiger partial charge in [0.1, 0.15) is 0 Å². The molecule has 8 heteroatoms. The van der Waals surface area contributed by atoms with E-state index in [2.05, 4.69) is 5.10 Å². The third-order valence-corrected chi connectivity index (χ3v) is 5.17. The van der Waals surface area contributed by atoms with Gasteiger partial charge >= 0.3 is 6.18 Å². The summed E-state index contributed by atoms with van der Waals surface area (Å²) in [7, 11) is 0. The summed E-state index contributed by atoms with van der Waals surface area (Å²) in [6.07, 6.45) is -3.96. The highest BCUT2D eigenvalue weighted by Gasteiger charge is 2.34. The molecule has 0 spiro atoms. The van der Waals surface area contributed by atoms with Crippen molar-refractivity contribution in [1.82, 2.24) is 14.7 Å². The third kappa shape index (κ3) is 3.60. The Kier molecular flexibility index (Phi) is 4.93. The second-order valence-electron chi connectivity index (χ2n) is 7.17. The Morgan fingerprint density at radius 3 is 2.43 bits per heavy atom. The number of carbonyl (C=O) groups excluding carboxylic acids is 1. The van der Waals surface area contributed by atoms with Crippen molar-refractivity contribution in [1.29, 1.82) is 0 Å². The van der Waals surface area contributed by atoms with Crippen molar-refractivity contribution in [2.24, 2.45) is 0 Å². The molecule has 1 aromatic heterocycles. The summed E-state index contributed by atoms with van der Waals surface area (Å²) >= 11 is 0. The van der Waals surface area contributed by atoms with Crippen LogP contribution < -0.4 is 5.43 Å². The van der Waals surface area contributed by atoms with Gasteiger partial charge in [-0.3, -0.25) is 9.59 Å².